The molecular formula is C34H30N2. The van der Waals surface area contributed by atoms with E-state index in [1.807, 2.05) is 0 Å². The van der Waals surface area contributed by atoms with Crippen molar-refractivity contribution in [3.8, 4) is 0 Å². The Balaban J connectivity index is 1.32. The number of hydrogen-bond donors (Lipinski definition) is 1. The highest BCUT2D eigenvalue weighted by molar-refractivity contribution is 6.08. The minimum atomic E-state index is 0.295. The Bertz CT molecular complexity index is 1650. The Labute approximate surface area is 212 Å². The van der Waals surface area contributed by atoms with Crippen LogP contribution in [0.3, 0.4) is 0 Å². The first-order valence-electron chi connectivity index (χ1n) is 13.1. The fraction of sp³-hybridized carbons (Fsp3) is 0.176. The average molecular weight is 467 g/mol. The summed E-state index contributed by atoms with van der Waals surface area (Å²) in [6, 6.07) is 33.7. The molecule has 1 aliphatic heterocycles. The smallest absolute Gasteiger partial charge is 0.0630 e. The number of H-pyrrole nitrogens is 1. The van der Waals surface area contributed by atoms with Crippen LogP contribution in [0, 0.1) is 0 Å². The Morgan fingerprint density at radius 2 is 1.58 bits per heavy atom. The van der Waals surface area contributed by atoms with Crippen LogP contribution in [0.4, 0.5) is 11.4 Å². The number of para-hydroxylation sites is 2. The van der Waals surface area contributed by atoms with E-state index in [0.717, 1.165) is 6.42 Å². The molecule has 4 aromatic carbocycles. The lowest BCUT2D eigenvalue weighted by Gasteiger charge is -2.29. The number of nitrogens with one attached hydrogen (secondary N) is 1. The first-order chi connectivity index (χ1) is 17.7. The summed E-state index contributed by atoms with van der Waals surface area (Å²) in [5, 5.41) is 2.63. The van der Waals surface area contributed by atoms with Gasteiger partial charge < -0.3 is 9.88 Å². The summed E-state index contributed by atoms with van der Waals surface area (Å²) in [7, 11) is 0. The third kappa shape index (κ3) is 3.25. The summed E-state index contributed by atoms with van der Waals surface area (Å²) in [6.45, 7) is 4.57. The number of benzene rings is 4. The third-order valence-corrected chi connectivity index (χ3v) is 8.23. The van der Waals surface area contributed by atoms with Crippen molar-refractivity contribution in [3.05, 3.63) is 126 Å². The van der Waals surface area contributed by atoms with Crippen LogP contribution < -0.4 is 4.90 Å². The minimum Gasteiger partial charge on any atom is -0.355 e. The Hall–Kier alpha value is -4.04. The molecule has 1 aliphatic carbocycles. The summed E-state index contributed by atoms with van der Waals surface area (Å²) in [6.07, 6.45) is 8.35. The molecule has 0 radical (unpaired) electrons. The molecule has 0 saturated carbocycles. The summed E-state index contributed by atoms with van der Waals surface area (Å²) < 4.78 is 0. The van der Waals surface area contributed by atoms with E-state index in [1.165, 1.54) is 55.4 Å². The van der Waals surface area contributed by atoms with Gasteiger partial charge in [0.1, 0.15) is 0 Å². The summed E-state index contributed by atoms with van der Waals surface area (Å²) >= 11 is 0. The molecule has 2 aliphatic rings. The van der Waals surface area contributed by atoms with Gasteiger partial charge in [0.25, 0.3) is 0 Å². The molecule has 2 nitrogen and oxygen atoms in total. The van der Waals surface area contributed by atoms with E-state index in [1.54, 1.807) is 0 Å². The normalized spacial score (nSPS) is 19.4. The van der Waals surface area contributed by atoms with Gasteiger partial charge in [-0.15, -0.1) is 0 Å². The van der Waals surface area contributed by atoms with Crippen LogP contribution in [-0.2, 0) is 0 Å². The van der Waals surface area contributed by atoms with Gasteiger partial charge >= 0.3 is 0 Å². The van der Waals surface area contributed by atoms with Crippen LogP contribution in [-0.4, -0.2) is 11.0 Å². The van der Waals surface area contributed by atoms with E-state index in [0.29, 0.717) is 17.9 Å². The van der Waals surface area contributed by atoms with Gasteiger partial charge in [-0.25, -0.2) is 0 Å². The molecule has 176 valence electrons. The second-order valence-corrected chi connectivity index (χ2v) is 10.3. The monoisotopic (exact) mass is 466 g/mol. The van der Waals surface area contributed by atoms with E-state index < -0.39 is 0 Å². The van der Waals surface area contributed by atoms with Gasteiger partial charge in [-0.05, 0) is 77.1 Å². The lowest BCUT2D eigenvalue weighted by Crippen LogP contribution is -2.28. The fourth-order valence-corrected chi connectivity index (χ4v) is 6.07. The van der Waals surface area contributed by atoms with Gasteiger partial charge in [0, 0.05) is 39.1 Å². The molecule has 1 aromatic heterocycles. The van der Waals surface area contributed by atoms with Crippen molar-refractivity contribution >= 4 is 38.8 Å². The molecule has 0 fully saturated rings. The van der Waals surface area contributed by atoms with Gasteiger partial charge in [0.05, 0.1) is 6.04 Å². The van der Waals surface area contributed by atoms with Crippen LogP contribution in [0.15, 0.2) is 109 Å². The summed E-state index contributed by atoms with van der Waals surface area (Å²) in [5.41, 5.74) is 10.4. The van der Waals surface area contributed by atoms with Gasteiger partial charge in [0.15, 0.2) is 0 Å². The Kier molecular flexibility index (Phi) is 4.89. The van der Waals surface area contributed by atoms with Gasteiger partial charge in [-0.2, -0.15) is 0 Å². The maximum atomic E-state index is 3.62. The SMILES string of the molecule is CCC(C)c1ccc2[nH]c3ccc(C4=CC5c6ccccc6N(c6ccccc6)C5C=C4)cc3c2c1. The van der Waals surface area contributed by atoms with Crippen LogP contribution >= 0.6 is 0 Å². The highest BCUT2D eigenvalue weighted by Crippen LogP contribution is 2.49. The topological polar surface area (TPSA) is 19.0 Å². The molecule has 2 heterocycles. The number of aromatic nitrogens is 1. The Morgan fingerprint density at radius 1 is 0.833 bits per heavy atom. The van der Waals surface area contributed by atoms with Gasteiger partial charge in [0.2, 0.25) is 0 Å². The quantitative estimate of drug-likeness (QED) is 0.280. The van der Waals surface area contributed by atoms with Crippen molar-refractivity contribution in [1.29, 1.82) is 0 Å². The highest BCUT2D eigenvalue weighted by Gasteiger charge is 2.38. The van der Waals surface area contributed by atoms with Crippen molar-refractivity contribution in [2.45, 2.75) is 38.1 Å². The molecular weight excluding hydrogens is 436 g/mol. The predicted molar refractivity (Wildman–Crippen MR) is 153 cm³/mol. The largest absolute Gasteiger partial charge is 0.355 e. The van der Waals surface area contributed by atoms with E-state index in [9.17, 15) is 0 Å². The van der Waals surface area contributed by atoms with Crippen molar-refractivity contribution in [3.63, 3.8) is 0 Å². The number of aromatic amines is 1. The van der Waals surface area contributed by atoms with E-state index >= 15 is 0 Å². The molecule has 0 spiro atoms. The first kappa shape index (κ1) is 21.3. The second-order valence-electron chi connectivity index (χ2n) is 10.3. The number of rotatable bonds is 4. The highest BCUT2D eigenvalue weighted by atomic mass is 15.2. The van der Waals surface area contributed by atoms with Crippen LogP contribution in [0.2, 0.25) is 0 Å². The van der Waals surface area contributed by atoms with Crippen molar-refractivity contribution < 1.29 is 0 Å². The second kappa shape index (κ2) is 8.27. The number of allylic oxidation sites excluding steroid dienone is 2. The number of hydrogen-bond acceptors (Lipinski definition) is 1. The molecule has 36 heavy (non-hydrogen) atoms. The summed E-state index contributed by atoms with van der Waals surface area (Å²) in [4.78, 5) is 6.11. The minimum absolute atomic E-state index is 0.295. The zero-order valence-electron chi connectivity index (χ0n) is 20.8. The van der Waals surface area contributed by atoms with E-state index in [2.05, 4.69) is 133 Å². The molecule has 2 heteroatoms. The molecule has 3 unspecified atom stereocenters. The first-order valence-corrected chi connectivity index (χ1v) is 13.1. The molecule has 7 rings (SSSR count). The number of fused-ring (bicyclic) bond motifs is 6. The lowest BCUT2D eigenvalue weighted by molar-refractivity contribution is 0.735. The molecule has 0 bridgehead atoms. The number of anilines is 2. The molecule has 5 aromatic rings. The van der Waals surface area contributed by atoms with Gasteiger partial charge in [-0.3, -0.25) is 0 Å². The molecule has 3 atom stereocenters. The van der Waals surface area contributed by atoms with Gasteiger partial charge in [-0.1, -0.05) is 80.6 Å². The maximum Gasteiger partial charge on any atom is 0.0630 e. The van der Waals surface area contributed by atoms with Crippen LogP contribution in [0.1, 0.15) is 48.8 Å². The van der Waals surface area contributed by atoms with E-state index in [4.69, 9.17) is 0 Å². The number of nitrogens with zero attached hydrogens (tertiary/aromatic N) is 1. The average Bonchev–Trinajstić information content (AvgIpc) is 3.47. The fourth-order valence-electron chi connectivity index (χ4n) is 6.07. The third-order valence-electron chi connectivity index (χ3n) is 8.23. The lowest BCUT2D eigenvalue weighted by atomic mass is 9.86. The van der Waals surface area contributed by atoms with Crippen LogP contribution in [0.25, 0.3) is 27.4 Å². The molecule has 1 N–H and O–H groups in total. The standard InChI is InChI=1S/C34H30N2/c1-3-22(2)23-13-16-31-28(19-23)29-20-24(14-17-32(29)35-31)25-15-18-34-30(21-25)27-11-7-8-12-33(27)36(34)26-9-5-4-6-10-26/h4-22,30,34-35H,3H2,1-2H3. The maximum absolute atomic E-state index is 3.62. The zero-order chi connectivity index (χ0) is 24.2. The van der Waals surface area contributed by atoms with Crippen molar-refractivity contribution in [2.24, 2.45) is 0 Å². The predicted octanol–water partition coefficient (Wildman–Crippen LogP) is 9.09. The Morgan fingerprint density at radius 3 is 2.42 bits per heavy atom. The van der Waals surface area contributed by atoms with Crippen LogP contribution in [0.5, 0.6) is 0 Å². The molecule has 0 saturated heterocycles. The van der Waals surface area contributed by atoms with Crippen molar-refractivity contribution in [2.75, 3.05) is 4.90 Å². The van der Waals surface area contributed by atoms with Crippen molar-refractivity contribution in [1.82, 2.24) is 4.98 Å². The molecule has 0 amide bonds. The van der Waals surface area contributed by atoms with E-state index in [-0.39, 0.29) is 0 Å². The zero-order valence-corrected chi connectivity index (χ0v) is 20.8. The summed E-state index contributed by atoms with van der Waals surface area (Å²) in [5.74, 6) is 0.899.